The minimum Gasteiger partial charge on any atom is -0.463 e. The van der Waals surface area contributed by atoms with Crippen LogP contribution < -0.4 is 0 Å². The molecule has 0 unspecified atom stereocenters. The summed E-state index contributed by atoms with van der Waals surface area (Å²) in [5.41, 5.74) is 0. The van der Waals surface area contributed by atoms with Gasteiger partial charge in [-0.15, -0.1) is 0 Å². The second kappa shape index (κ2) is 23.2. The Morgan fingerprint density at radius 1 is 0.607 bits per heavy atom. The molecule has 0 saturated heterocycles. The molecule has 2 nitrogen and oxygen atoms in total. The Hall–Kier alpha value is -1.83. The van der Waals surface area contributed by atoms with Gasteiger partial charge in [0.05, 0.1) is 6.61 Å². The van der Waals surface area contributed by atoms with E-state index in [2.05, 4.69) is 25.2 Å². The lowest BCUT2D eigenvalue weighted by molar-refractivity contribution is -0.137. The molecule has 0 aromatic heterocycles. The summed E-state index contributed by atoms with van der Waals surface area (Å²) in [5.74, 6) is -0.307. The third-order valence-corrected chi connectivity index (χ3v) is 4.41. The van der Waals surface area contributed by atoms with E-state index in [1.807, 2.05) is 30.4 Å². The van der Waals surface area contributed by atoms with Gasteiger partial charge in [-0.25, -0.2) is 4.79 Å². The normalized spacial score (nSPS) is 12.5. The molecule has 0 bridgehead atoms. The summed E-state index contributed by atoms with van der Waals surface area (Å²) in [6, 6.07) is 0. The third kappa shape index (κ3) is 22.2. The molecule has 0 N–H and O–H groups in total. The Labute approximate surface area is 174 Å². The number of hydrogen-bond donors (Lipinski definition) is 0. The number of unbranched alkanes of at least 4 members (excludes halogenated alkanes) is 11. The van der Waals surface area contributed by atoms with Gasteiger partial charge in [-0.3, -0.25) is 0 Å². The Bertz CT molecular complexity index is 481. The summed E-state index contributed by atoms with van der Waals surface area (Å²) in [6.45, 7) is 4.48. The summed E-state index contributed by atoms with van der Waals surface area (Å²) in [6.07, 6.45) is 35.6. The van der Waals surface area contributed by atoms with Crippen LogP contribution in [0.2, 0.25) is 0 Å². The molecule has 0 aromatic rings. The maximum absolute atomic E-state index is 11.1. The fourth-order valence-corrected chi connectivity index (χ4v) is 2.81. The fraction of sp³-hybridized carbons (Fsp3) is 0.577. The first-order valence-corrected chi connectivity index (χ1v) is 11.3. The highest BCUT2D eigenvalue weighted by atomic mass is 16.5. The van der Waals surface area contributed by atoms with Crippen molar-refractivity contribution in [2.24, 2.45) is 0 Å². The predicted molar refractivity (Wildman–Crippen MR) is 123 cm³/mol. The minimum atomic E-state index is -0.307. The zero-order valence-electron chi connectivity index (χ0n) is 18.3. The average Bonchev–Trinajstić information content (AvgIpc) is 2.69. The molecule has 2 heteroatoms. The van der Waals surface area contributed by atoms with E-state index in [-0.39, 0.29) is 5.97 Å². The first-order chi connectivity index (χ1) is 13.8. The molecule has 0 saturated carbocycles. The van der Waals surface area contributed by atoms with Crippen molar-refractivity contribution < 1.29 is 9.53 Å². The number of hydrogen-bond acceptors (Lipinski definition) is 2. The lowest BCUT2D eigenvalue weighted by atomic mass is 10.1. The highest BCUT2D eigenvalue weighted by molar-refractivity contribution is 5.82. The lowest BCUT2D eigenvalue weighted by Gasteiger charge is -2.01. The van der Waals surface area contributed by atoms with E-state index in [9.17, 15) is 4.79 Å². The predicted octanol–water partition coefficient (Wildman–Crippen LogP) is 8.03. The molecule has 0 rings (SSSR count). The molecule has 0 radical (unpaired) electrons. The van der Waals surface area contributed by atoms with E-state index >= 15 is 0 Å². The van der Waals surface area contributed by atoms with Gasteiger partial charge in [0.2, 0.25) is 0 Å². The van der Waals surface area contributed by atoms with E-state index in [4.69, 9.17) is 4.74 Å². The van der Waals surface area contributed by atoms with Crippen LogP contribution in [0.1, 0.15) is 90.9 Å². The Morgan fingerprint density at radius 2 is 1.07 bits per heavy atom. The van der Waals surface area contributed by atoms with Crippen molar-refractivity contribution in [2.45, 2.75) is 90.9 Å². The summed E-state index contributed by atoms with van der Waals surface area (Å²) >= 11 is 0. The van der Waals surface area contributed by atoms with Gasteiger partial charge in [-0.2, -0.15) is 0 Å². The van der Waals surface area contributed by atoms with Gasteiger partial charge in [0.25, 0.3) is 0 Å². The monoisotopic (exact) mass is 386 g/mol. The van der Waals surface area contributed by atoms with Crippen LogP contribution in [-0.4, -0.2) is 12.6 Å². The standard InChI is InChI=1S/C26H42O2/c1-3-5-6-7-8-9-10-11-12-13-14-15-16-17-18-19-20-21-22-23-24-25-26(27)28-4-2/h16-25H,3-15H2,1-2H3. The first kappa shape index (κ1) is 26.2. The van der Waals surface area contributed by atoms with E-state index in [0.29, 0.717) is 6.61 Å². The number of ether oxygens (including phenoxy) is 1. The quantitative estimate of drug-likeness (QED) is 0.103. The van der Waals surface area contributed by atoms with Crippen LogP contribution in [0.15, 0.2) is 60.8 Å². The van der Waals surface area contributed by atoms with Gasteiger partial charge >= 0.3 is 5.97 Å². The lowest BCUT2D eigenvalue weighted by Crippen LogP contribution is -1.98. The summed E-state index contributed by atoms with van der Waals surface area (Å²) in [4.78, 5) is 11.1. The van der Waals surface area contributed by atoms with Crippen molar-refractivity contribution in [3.05, 3.63) is 60.8 Å². The molecule has 158 valence electrons. The number of allylic oxidation sites excluding steroid dienone is 9. The molecule has 0 heterocycles. The van der Waals surface area contributed by atoms with Crippen molar-refractivity contribution in [1.82, 2.24) is 0 Å². The van der Waals surface area contributed by atoms with Gasteiger partial charge in [-0.1, -0.05) is 126 Å². The molecule has 28 heavy (non-hydrogen) atoms. The molecule has 0 atom stereocenters. The smallest absolute Gasteiger partial charge is 0.330 e. The number of carbonyl (C=O) groups excluding carboxylic acids is 1. The highest BCUT2D eigenvalue weighted by Gasteiger charge is 1.92. The van der Waals surface area contributed by atoms with Crippen LogP contribution in [0.5, 0.6) is 0 Å². The summed E-state index contributed by atoms with van der Waals surface area (Å²) in [5, 5.41) is 0. The molecule has 0 amide bonds. The van der Waals surface area contributed by atoms with Gasteiger partial charge in [0.1, 0.15) is 0 Å². The fourth-order valence-electron chi connectivity index (χ4n) is 2.81. The SMILES string of the molecule is CCCCCCCCCCCCCC=CC=CC=CC=CC=CC(=O)OCC. The molecule has 0 aromatic carbocycles. The van der Waals surface area contributed by atoms with Gasteiger partial charge < -0.3 is 4.74 Å². The molecular formula is C26H42O2. The van der Waals surface area contributed by atoms with Crippen LogP contribution in [0.3, 0.4) is 0 Å². The van der Waals surface area contributed by atoms with E-state index in [0.717, 1.165) is 0 Å². The first-order valence-electron chi connectivity index (χ1n) is 11.3. The van der Waals surface area contributed by atoms with E-state index < -0.39 is 0 Å². The Kier molecular flexibility index (Phi) is 21.7. The topological polar surface area (TPSA) is 26.3 Å². The molecule has 0 fully saturated rings. The maximum atomic E-state index is 11.1. The second-order valence-electron chi connectivity index (χ2n) is 7.02. The summed E-state index contributed by atoms with van der Waals surface area (Å²) < 4.78 is 4.79. The number of rotatable bonds is 18. The molecular weight excluding hydrogens is 344 g/mol. The Balaban J connectivity index is 3.46. The molecule has 0 aliphatic heterocycles. The van der Waals surface area contributed by atoms with Crippen LogP contribution in [0, 0.1) is 0 Å². The second-order valence-corrected chi connectivity index (χ2v) is 7.02. The van der Waals surface area contributed by atoms with Crippen molar-refractivity contribution in [2.75, 3.05) is 6.61 Å². The third-order valence-electron chi connectivity index (χ3n) is 4.41. The largest absolute Gasteiger partial charge is 0.463 e. The van der Waals surface area contributed by atoms with Crippen LogP contribution in [-0.2, 0) is 9.53 Å². The number of esters is 1. The van der Waals surface area contributed by atoms with E-state index in [1.54, 1.807) is 13.0 Å². The van der Waals surface area contributed by atoms with E-state index in [1.165, 1.54) is 83.1 Å². The van der Waals surface area contributed by atoms with Crippen LogP contribution in [0.4, 0.5) is 0 Å². The van der Waals surface area contributed by atoms with Crippen molar-refractivity contribution in [3.8, 4) is 0 Å². The average molecular weight is 387 g/mol. The molecule has 0 spiro atoms. The zero-order chi connectivity index (χ0) is 20.5. The van der Waals surface area contributed by atoms with Crippen LogP contribution in [0.25, 0.3) is 0 Å². The molecule has 0 aliphatic rings. The van der Waals surface area contributed by atoms with Gasteiger partial charge in [-0.05, 0) is 19.8 Å². The van der Waals surface area contributed by atoms with Crippen molar-refractivity contribution in [1.29, 1.82) is 0 Å². The van der Waals surface area contributed by atoms with Crippen LogP contribution >= 0.6 is 0 Å². The molecule has 0 aliphatic carbocycles. The number of carbonyl (C=O) groups is 1. The zero-order valence-corrected chi connectivity index (χ0v) is 18.3. The van der Waals surface area contributed by atoms with Crippen molar-refractivity contribution >= 4 is 5.97 Å². The summed E-state index contributed by atoms with van der Waals surface area (Å²) in [7, 11) is 0. The maximum Gasteiger partial charge on any atom is 0.330 e. The highest BCUT2D eigenvalue weighted by Crippen LogP contribution is 2.11. The minimum absolute atomic E-state index is 0.307. The van der Waals surface area contributed by atoms with Crippen molar-refractivity contribution in [3.63, 3.8) is 0 Å². The Morgan fingerprint density at radius 3 is 1.61 bits per heavy atom. The van der Waals surface area contributed by atoms with Gasteiger partial charge in [0.15, 0.2) is 0 Å². The van der Waals surface area contributed by atoms with Gasteiger partial charge in [0, 0.05) is 6.08 Å².